The molecule has 2 N–H and O–H groups in total. The first-order chi connectivity index (χ1) is 8.60. The number of benzene rings is 1. The molecular weight excluding hydrogens is 230 g/mol. The summed E-state index contributed by atoms with van der Waals surface area (Å²) in [6.45, 7) is 6.24. The maximum Gasteiger partial charge on any atom is 0.119 e. The highest BCUT2D eigenvalue weighted by Gasteiger charge is 2.22. The lowest BCUT2D eigenvalue weighted by molar-refractivity contribution is 0.0549. The average molecular weight is 253 g/mol. The van der Waals surface area contributed by atoms with Crippen LogP contribution in [0.3, 0.4) is 0 Å². The topological polar surface area (TPSA) is 50.7 Å². The fraction of sp³-hybridized carbons (Fsp3) is 0.571. The fourth-order valence-electron chi connectivity index (χ4n) is 1.68. The van der Waals surface area contributed by atoms with Gasteiger partial charge in [-0.3, -0.25) is 0 Å². The lowest BCUT2D eigenvalue weighted by atomic mass is 9.96. The minimum Gasteiger partial charge on any atom is -0.494 e. The Hall–Kier alpha value is -1.10. The maximum absolute atomic E-state index is 10.4. The van der Waals surface area contributed by atoms with E-state index in [0.717, 1.165) is 17.9 Å². The van der Waals surface area contributed by atoms with Gasteiger partial charge in [0.1, 0.15) is 5.75 Å². The van der Waals surface area contributed by atoms with Crippen LogP contribution >= 0.6 is 0 Å². The van der Waals surface area contributed by atoms with E-state index < -0.39 is 5.60 Å². The van der Waals surface area contributed by atoms with Gasteiger partial charge in [0.2, 0.25) is 0 Å². The number of aliphatic hydroxyl groups is 1. The SMILES string of the molecule is CCOc1ccc(C(C)(O)CNCCOC)cc1. The molecule has 0 aliphatic rings. The van der Waals surface area contributed by atoms with Crippen molar-refractivity contribution in [1.29, 1.82) is 0 Å². The quantitative estimate of drug-likeness (QED) is 0.690. The first-order valence-corrected chi connectivity index (χ1v) is 6.25. The second-order valence-electron chi connectivity index (χ2n) is 4.40. The number of hydrogen-bond donors (Lipinski definition) is 2. The van der Waals surface area contributed by atoms with Crippen LogP contribution in [0.2, 0.25) is 0 Å². The Balaban J connectivity index is 2.54. The molecule has 0 heterocycles. The van der Waals surface area contributed by atoms with Crippen molar-refractivity contribution in [1.82, 2.24) is 5.32 Å². The molecule has 0 aliphatic heterocycles. The van der Waals surface area contributed by atoms with Crippen molar-refractivity contribution in [3.8, 4) is 5.75 Å². The Bertz CT molecular complexity index is 335. The molecule has 0 saturated carbocycles. The van der Waals surface area contributed by atoms with Crippen LogP contribution in [0.1, 0.15) is 19.4 Å². The predicted octanol–water partition coefficient (Wildman–Crippen LogP) is 1.53. The molecule has 1 atom stereocenters. The molecule has 18 heavy (non-hydrogen) atoms. The Labute approximate surface area is 109 Å². The average Bonchev–Trinajstić information content (AvgIpc) is 2.36. The molecule has 0 radical (unpaired) electrons. The van der Waals surface area contributed by atoms with E-state index in [4.69, 9.17) is 9.47 Å². The molecular formula is C14H23NO3. The molecule has 4 heteroatoms. The van der Waals surface area contributed by atoms with Gasteiger partial charge in [-0.25, -0.2) is 0 Å². The highest BCUT2D eigenvalue weighted by molar-refractivity contribution is 5.30. The Kier molecular flexibility index (Phi) is 6.12. The van der Waals surface area contributed by atoms with Gasteiger partial charge in [-0.2, -0.15) is 0 Å². The zero-order chi connectivity index (χ0) is 13.4. The number of methoxy groups -OCH3 is 1. The third-order valence-corrected chi connectivity index (χ3v) is 2.74. The van der Waals surface area contributed by atoms with E-state index in [1.54, 1.807) is 14.0 Å². The van der Waals surface area contributed by atoms with Crippen molar-refractivity contribution < 1.29 is 14.6 Å². The van der Waals surface area contributed by atoms with Crippen molar-refractivity contribution in [3.05, 3.63) is 29.8 Å². The maximum atomic E-state index is 10.4. The molecule has 0 bridgehead atoms. The van der Waals surface area contributed by atoms with Crippen LogP contribution in [0, 0.1) is 0 Å². The van der Waals surface area contributed by atoms with Crippen molar-refractivity contribution >= 4 is 0 Å². The Morgan fingerprint density at radius 1 is 1.28 bits per heavy atom. The van der Waals surface area contributed by atoms with Crippen molar-refractivity contribution in [2.45, 2.75) is 19.4 Å². The molecule has 1 unspecified atom stereocenters. The van der Waals surface area contributed by atoms with E-state index in [2.05, 4.69) is 5.32 Å². The summed E-state index contributed by atoms with van der Waals surface area (Å²) in [4.78, 5) is 0. The van der Waals surface area contributed by atoms with Crippen molar-refractivity contribution in [2.75, 3.05) is 33.4 Å². The molecule has 0 aromatic heterocycles. The number of ether oxygens (including phenoxy) is 2. The summed E-state index contributed by atoms with van der Waals surface area (Å²) in [6, 6.07) is 7.54. The molecule has 0 aliphatic carbocycles. The molecule has 0 amide bonds. The van der Waals surface area contributed by atoms with Crippen molar-refractivity contribution in [2.24, 2.45) is 0 Å². The minimum absolute atomic E-state index is 0.490. The van der Waals surface area contributed by atoms with Gasteiger partial charge in [-0.1, -0.05) is 12.1 Å². The highest BCUT2D eigenvalue weighted by Crippen LogP contribution is 2.22. The first-order valence-electron chi connectivity index (χ1n) is 6.25. The predicted molar refractivity (Wildman–Crippen MR) is 71.9 cm³/mol. The normalized spacial score (nSPS) is 14.2. The van der Waals surface area contributed by atoms with Crippen molar-refractivity contribution in [3.63, 3.8) is 0 Å². The van der Waals surface area contributed by atoms with Gasteiger partial charge >= 0.3 is 0 Å². The highest BCUT2D eigenvalue weighted by atomic mass is 16.5. The summed E-state index contributed by atoms with van der Waals surface area (Å²) >= 11 is 0. The lowest BCUT2D eigenvalue weighted by Gasteiger charge is -2.24. The monoisotopic (exact) mass is 253 g/mol. The minimum atomic E-state index is -0.890. The summed E-state index contributed by atoms with van der Waals surface area (Å²) < 4.78 is 10.3. The van der Waals surface area contributed by atoms with Crippen LogP contribution in [0.4, 0.5) is 0 Å². The summed E-state index contributed by atoms with van der Waals surface area (Å²) in [6.07, 6.45) is 0. The molecule has 1 aromatic carbocycles. The van der Waals surface area contributed by atoms with Crippen LogP contribution in [0.5, 0.6) is 5.75 Å². The zero-order valence-electron chi connectivity index (χ0n) is 11.4. The Morgan fingerprint density at radius 3 is 2.50 bits per heavy atom. The van der Waals surface area contributed by atoms with Crippen LogP contribution in [-0.4, -0.2) is 38.5 Å². The lowest BCUT2D eigenvalue weighted by Crippen LogP contribution is -2.36. The van der Waals surface area contributed by atoms with Crippen LogP contribution < -0.4 is 10.1 Å². The first kappa shape index (κ1) is 15.0. The van der Waals surface area contributed by atoms with E-state index in [-0.39, 0.29) is 0 Å². The standard InChI is InChI=1S/C14H23NO3/c1-4-18-13-7-5-12(6-8-13)14(2,16)11-15-9-10-17-3/h5-8,15-16H,4,9-11H2,1-3H3. The summed E-state index contributed by atoms with van der Waals surface area (Å²) in [5.41, 5.74) is -0.0192. The molecule has 1 rings (SSSR count). The Morgan fingerprint density at radius 2 is 1.94 bits per heavy atom. The van der Waals surface area contributed by atoms with Crippen LogP contribution in [0.15, 0.2) is 24.3 Å². The number of hydrogen-bond acceptors (Lipinski definition) is 4. The largest absolute Gasteiger partial charge is 0.494 e. The molecule has 0 saturated heterocycles. The van der Waals surface area contributed by atoms with Gasteiger partial charge in [0, 0.05) is 20.2 Å². The van der Waals surface area contributed by atoms with E-state index in [1.807, 2.05) is 31.2 Å². The van der Waals surface area contributed by atoms with Crippen LogP contribution in [-0.2, 0) is 10.3 Å². The molecule has 102 valence electrons. The van der Waals surface area contributed by atoms with Gasteiger partial charge in [0.25, 0.3) is 0 Å². The van der Waals surface area contributed by atoms with Gasteiger partial charge in [0.05, 0.1) is 18.8 Å². The smallest absolute Gasteiger partial charge is 0.119 e. The van der Waals surface area contributed by atoms with E-state index in [1.165, 1.54) is 0 Å². The third kappa shape index (κ3) is 4.64. The van der Waals surface area contributed by atoms with Crippen LogP contribution in [0.25, 0.3) is 0 Å². The summed E-state index contributed by atoms with van der Waals surface area (Å²) in [7, 11) is 1.66. The van der Waals surface area contributed by atoms with E-state index >= 15 is 0 Å². The van der Waals surface area contributed by atoms with Gasteiger partial charge in [-0.05, 0) is 31.5 Å². The molecule has 0 fully saturated rings. The second kappa shape index (κ2) is 7.36. The van der Waals surface area contributed by atoms with Gasteiger partial charge < -0.3 is 19.9 Å². The number of nitrogens with one attached hydrogen (secondary N) is 1. The zero-order valence-corrected chi connectivity index (χ0v) is 11.4. The van der Waals surface area contributed by atoms with E-state index in [9.17, 15) is 5.11 Å². The summed E-state index contributed by atoms with van der Waals surface area (Å²) in [5.74, 6) is 0.824. The molecule has 4 nitrogen and oxygen atoms in total. The van der Waals surface area contributed by atoms with Gasteiger partial charge in [0.15, 0.2) is 0 Å². The second-order valence-corrected chi connectivity index (χ2v) is 4.40. The fourth-order valence-corrected chi connectivity index (χ4v) is 1.68. The van der Waals surface area contributed by atoms with Gasteiger partial charge in [-0.15, -0.1) is 0 Å². The summed E-state index contributed by atoms with van der Waals surface area (Å²) in [5, 5.41) is 13.5. The molecule has 0 spiro atoms. The number of rotatable bonds is 8. The molecule has 1 aromatic rings. The van der Waals surface area contributed by atoms with E-state index in [0.29, 0.717) is 19.8 Å². The third-order valence-electron chi connectivity index (χ3n) is 2.74.